The summed E-state index contributed by atoms with van der Waals surface area (Å²) in [5.74, 6) is -0.181. The van der Waals surface area contributed by atoms with Gasteiger partial charge in [-0.2, -0.15) is 0 Å². The van der Waals surface area contributed by atoms with Crippen molar-refractivity contribution >= 4 is 27.9 Å². The van der Waals surface area contributed by atoms with E-state index in [1.165, 1.54) is 27.0 Å². The summed E-state index contributed by atoms with van der Waals surface area (Å²) in [5.41, 5.74) is 4.93. The van der Waals surface area contributed by atoms with Crippen LogP contribution in [-0.2, 0) is 0 Å². The van der Waals surface area contributed by atoms with Gasteiger partial charge in [0.1, 0.15) is 5.82 Å². The number of halogens is 1. The van der Waals surface area contributed by atoms with Crippen molar-refractivity contribution in [2.45, 2.75) is 13.0 Å². The number of aromatic nitrogens is 1. The molecular formula is C24H24FN3S. The molecule has 5 rings (SSSR count). The molecule has 5 heteroatoms. The lowest BCUT2D eigenvalue weighted by Crippen LogP contribution is -2.47. The summed E-state index contributed by atoms with van der Waals surface area (Å²) in [4.78, 5) is 9.91. The Balaban J connectivity index is 1.46. The SMILES string of the molecule is Cc1[nH]c2ccccc2c1[C@@H](c1cccs1)N1CCN(c2ccc(F)cc2)CC1. The van der Waals surface area contributed by atoms with Gasteiger partial charge in [0, 0.05) is 58.9 Å². The minimum atomic E-state index is -0.181. The number of fused-ring (bicyclic) bond motifs is 1. The van der Waals surface area contributed by atoms with E-state index in [2.05, 4.69) is 63.5 Å². The number of thiophene rings is 1. The van der Waals surface area contributed by atoms with Crippen molar-refractivity contribution in [1.82, 2.24) is 9.88 Å². The fourth-order valence-corrected chi connectivity index (χ4v) is 5.36. The van der Waals surface area contributed by atoms with E-state index in [4.69, 9.17) is 0 Å². The van der Waals surface area contributed by atoms with Gasteiger partial charge in [0.15, 0.2) is 0 Å². The van der Waals surface area contributed by atoms with Crippen LogP contribution in [0.4, 0.5) is 10.1 Å². The Morgan fingerprint density at radius 2 is 1.69 bits per heavy atom. The second-order valence-corrected chi connectivity index (χ2v) is 8.61. The molecule has 3 nitrogen and oxygen atoms in total. The Hall–Kier alpha value is -2.63. The Morgan fingerprint density at radius 3 is 2.41 bits per heavy atom. The molecule has 29 heavy (non-hydrogen) atoms. The molecule has 4 aromatic rings. The molecule has 0 radical (unpaired) electrons. The van der Waals surface area contributed by atoms with E-state index in [1.54, 1.807) is 12.1 Å². The Kier molecular flexibility index (Phi) is 4.86. The van der Waals surface area contributed by atoms with Gasteiger partial charge in [0.05, 0.1) is 6.04 Å². The van der Waals surface area contributed by atoms with E-state index in [9.17, 15) is 4.39 Å². The summed E-state index contributed by atoms with van der Waals surface area (Å²) in [7, 11) is 0. The Morgan fingerprint density at radius 1 is 0.931 bits per heavy atom. The minimum absolute atomic E-state index is 0.181. The molecule has 0 bridgehead atoms. The molecule has 1 aliphatic heterocycles. The molecule has 0 saturated carbocycles. The van der Waals surface area contributed by atoms with Gasteiger partial charge >= 0.3 is 0 Å². The first-order chi connectivity index (χ1) is 14.2. The summed E-state index contributed by atoms with van der Waals surface area (Å²) < 4.78 is 13.3. The third-order valence-electron chi connectivity index (χ3n) is 5.90. The van der Waals surface area contributed by atoms with Gasteiger partial charge in [-0.1, -0.05) is 24.3 Å². The van der Waals surface area contributed by atoms with Crippen LogP contribution in [0.15, 0.2) is 66.0 Å². The van der Waals surface area contributed by atoms with Crippen molar-refractivity contribution in [3.05, 3.63) is 88.0 Å². The largest absolute Gasteiger partial charge is 0.369 e. The van der Waals surface area contributed by atoms with Crippen LogP contribution in [0.2, 0.25) is 0 Å². The van der Waals surface area contributed by atoms with Crippen LogP contribution < -0.4 is 4.90 Å². The number of hydrogen-bond acceptors (Lipinski definition) is 3. The summed E-state index contributed by atoms with van der Waals surface area (Å²) in [6.45, 7) is 6.01. The Labute approximate surface area is 174 Å². The average Bonchev–Trinajstić information content (AvgIpc) is 3.38. The molecule has 1 fully saturated rings. The van der Waals surface area contributed by atoms with Gasteiger partial charge in [-0.15, -0.1) is 11.3 Å². The first kappa shape index (κ1) is 18.4. The second-order valence-electron chi connectivity index (χ2n) is 7.63. The van der Waals surface area contributed by atoms with Gasteiger partial charge in [-0.25, -0.2) is 4.39 Å². The topological polar surface area (TPSA) is 22.3 Å². The number of piperazine rings is 1. The molecule has 2 aromatic carbocycles. The molecule has 1 atom stereocenters. The van der Waals surface area contributed by atoms with Crippen LogP contribution >= 0.6 is 11.3 Å². The lowest BCUT2D eigenvalue weighted by atomic mass is 9.99. The lowest BCUT2D eigenvalue weighted by Gasteiger charge is -2.40. The number of anilines is 1. The molecule has 0 aliphatic carbocycles. The predicted octanol–water partition coefficient (Wildman–Crippen LogP) is 5.59. The van der Waals surface area contributed by atoms with Crippen molar-refractivity contribution in [2.75, 3.05) is 31.1 Å². The van der Waals surface area contributed by atoms with E-state index in [0.717, 1.165) is 31.9 Å². The van der Waals surface area contributed by atoms with Crippen molar-refractivity contribution in [2.24, 2.45) is 0 Å². The molecule has 1 saturated heterocycles. The first-order valence-corrected chi connectivity index (χ1v) is 10.9. The van der Waals surface area contributed by atoms with Gasteiger partial charge in [0.2, 0.25) is 0 Å². The van der Waals surface area contributed by atoms with Crippen molar-refractivity contribution in [3.63, 3.8) is 0 Å². The maximum atomic E-state index is 13.3. The number of hydrogen-bond donors (Lipinski definition) is 1. The highest BCUT2D eigenvalue weighted by molar-refractivity contribution is 7.10. The fraction of sp³-hybridized carbons (Fsp3) is 0.250. The van der Waals surface area contributed by atoms with Crippen LogP contribution in [0, 0.1) is 12.7 Å². The third-order valence-corrected chi connectivity index (χ3v) is 6.83. The highest BCUT2D eigenvalue weighted by Gasteiger charge is 2.30. The van der Waals surface area contributed by atoms with Gasteiger partial charge in [0.25, 0.3) is 0 Å². The van der Waals surface area contributed by atoms with E-state index < -0.39 is 0 Å². The number of aromatic amines is 1. The van der Waals surface area contributed by atoms with Crippen LogP contribution in [0.5, 0.6) is 0 Å². The maximum absolute atomic E-state index is 13.3. The van der Waals surface area contributed by atoms with Crippen molar-refractivity contribution in [1.29, 1.82) is 0 Å². The summed E-state index contributed by atoms with van der Waals surface area (Å²) in [5, 5.41) is 3.48. The zero-order chi connectivity index (χ0) is 19.8. The van der Waals surface area contributed by atoms with Crippen molar-refractivity contribution in [3.8, 4) is 0 Å². The quantitative estimate of drug-likeness (QED) is 0.478. The van der Waals surface area contributed by atoms with E-state index in [-0.39, 0.29) is 11.9 Å². The molecule has 0 unspecified atom stereocenters. The normalized spacial score (nSPS) is 16.4. The molecule has 0 spiro atoms. The molecule has 0 amide bonds. The monoisotopic (exact) mass is 405 g/mol. The average molecular weight is 406 g/mol. The zero-order valence-electron chi connectivity index (χ0n) is 16.4. The number of para-hydroxylation sites is 1. The summed E-state index contributed by atoms with van der Waals surface area (Å²) in [6, 6.07) is 20.1. The number of aryl methyl sites for hydroxylation is 1. The molecular weight excluding hydrogens is 381 g/mol. The fourth-order valence-electron chi connectivity index (χ4n) is 4.49. The standard InChI is InChI=1S/C24H24FN3S/c1-17-23(20-5-2-3-6-21(20)26-17)24(22-7-4-16-29-22)28-14-12-27(13-15-28)19-10-8-18(25)9-11-19/h2-11,16,24,26H,12-15H2,1H3/t24-/m1/s1. The number of nitrogens with one attached hydrogen (secondary N) is 1. The predicted molar refractivity (Wildman–Crippen MR) is 119 cm³/mol. The van der Waals surface area contributed by atoms with E-state index >= 15 is 0 Å². The number of H-pyrrole nitrogens is 1. The minimum Gasteiger partial charge on any atom is -0.369 e. The van der Waals surface area contributed by atoms with Crippen LogP contribution in [-0.4, -0.2) is 36.1 Å². The lowest BCUT2D eigenvalue weighted by molar-refractivity contribution is 0.215. The second kappa shape index (κ2) is 7.65. The maximum Gasteiger partial charge on any atom is 0.123 e. The number of benzene rings is 2. The van der Waals surface area contributed by atoms with Gasteiger partial charge < -0.3 is 9.88 Å². The summed E-state index contributed by atoms with van der Waals surface area (Å²) in [6.07, 6.45) is 0. The molecule has 1 aliphatic rings. The number of rotatable bonds is 4. The van der Waals surface area contributed by atoms with E-state index in [0.29, 0.717) is 0 Å². The Bertz CT molecular complexity index is 1090. The molecule has 2 aromatic heterocycles. The molecule has 148 valence electrons. The highest BCUT2D eigenvalue weighted by Crippen LogP contribution is 2.38. The van der Waals surface area contributed by atoms with Crippen LogP contribution in [0.1, 0.15) is 22.2 Å². The van der Waals surface area contributed by atoms with Gasteiger partial charge in [-0.3, -0.25) is 4.90 Å². The third kappa shape index (κ3) is 3.45. The smallest absolute Gasteiger partial charge is 0.123 e. The highest BCUT2D eigenvalue weighted by atomic mass is 32.1. The molecule has 3 heterocycles. The van der Waals surface area contributed by atoms with E-state index in [1.807, 2.05) is 23.5 Å². The van der Waals surface area contributed by atoms with Crippen LogP contribution in [0.25, 0.3) is 10.9 Å². The van der Waals surface area contributed by atoms with Gasteiger partial charge in [-0.05, 0) is 48.7 Å². The van der Waals surface area contributed by atoms with Crippen LogP contribution in [0.3, 0.4) is 0 Å². The van der Waals surface area contributed by atoms with Crippen molar-refractivity contribution < 1.29 is 4.39 Å². The zero-order valence-corrected chi connectivity index (χ0v) is 17.3. The first-order valence-electron chi connectivity index (χ1n) is 10.1. The number of nitrogens with zero attached hydrogens (tertiary/aromatic N) is 2. The summed E-state index contributed by atoms with van der Waals surface area (Å²) >= 11 is 1.83. The molecule has 1 N–H and O–H groups in total.